The molecule has 0 spiro atoms. The van der Waals surface area contributed by atoms with E-state index >= 15 is 0 Å². The molecule has 12 heavy (non-hydrogen) atoms. The fourth-order valence-electron chi connectivity index (χ4n) is 1.66. The topological polar surface area (TPSA) is 15.6 Å². The zero-order valence-corrected chi connectivity index (χ0v) is 7.25. The van der Waals surface area contributed by atoms with E-state index in [1.807, 2.05) is 12.3 Å². The molecule has 0 bridgehead atoms. The van der Waals surface area contributed by atoms with Gasteiger partial charge in [-0.05, 0) is 30.9 Å². The van der Waals surface area contributed by atoms with Gasteiger partial charge in [-0.1, -0.05) is 0 Å². The number of hydrogen-bond acceptors (Lipinski definition) is 2. The number of nitrogens with zero attached hydrogens (tertiary/aromatic N) is 2. The largest absolute Gasteiger partial charge is 0.371 e. The van der Waals surface area contributed by atoms with Crippen molar-refractivity contribution in [2.45, 2.75) is 13.3 Å². The van der Waals surface area contributed by atoms with Crippen molar-refractivity contribution < 1.29 is 0 Å². The van der Waals surface area contributed by atoms with E-state index in [1.54, 1.807) is 0 Å². The zero-order valence-electron chi connectivity index (χ0n) is 7.25. The first-order valence-corrected chi connectivity index (χ1v) is 4.35. The van der Waals surface area contributed by atoms with Crippen LogP contribution in [0.1, 0.15) is 13.3 Å². The monoisotopic (exact) mass is 160 g/mol. The standard InChI is InChI=1S/C10H12N2/c1-2-12-8-5-9-3-6-11-7-4-10(9)12/h3-4,6H,2,5,8H2,1H3. The Bertz CT molecular complexity index is 304. The highest BCUT2D eigenvalue weighted by Gasteiger charge is 2.17. The van der Waals surface area contributed by atoms with Crippen molar-refractivity contribution >= 4 is 5.87 Å². The summed E-state index contributed by atoms with van der Waals surface area (Å²) in [6, 6.07) is 0. The first-order valence-electron chi connectivity index (χ1n) is 4.35. The van der Waals surface area contributed by atoms with E-state index in [0.29, 0.717) is 0 Å². The summed E-state index contributed by atoms with van der Waals surface area (Å²) in [5, 5.41) is 0. The van der Waals surface area contributed by atoms with E-state index in [2.05, 4.69) is 28.8 Å². The summed E-state index contributed by atoms with van der Waals surface area (Å²) in [4.78, 5) is 6.32. The van der Waals surface area contributed by atoms with Crippen LogP contribution in [-0.2, 0) is 0 Å². The van der Waals surface area contributed by atoms with E-state index in [1.165, 1.54) is 11.3 Å². The maximum Gasteiger partial charge on any atom is 0.0494 e. The minimum absolute atomic E-state index is 1.07. The average molecular weight is 160 g/mol. The number of allylic oxidation sites excluding steroid dienone is 2. The van der Waals surface area contributed by atoms with Gasteiger partial charge in [0.2, 0.25) is 0 Å². The fraction of sp³-hybridized carbons (Fsp3) is 0.400. The van der Waals surface area contributed by atoms with Crippen LogP contribution in [-0.4, -0.2) is 23.9 Å². The molecule has 0 aromatic heterocycles. The van der Waals surface area contributed by atoms with Crippen LogP contribution in [0.25, 0.3) is 0 Å². The third-order valence-corrected chi connectivity index (χ3v) is 2.33. The van der Waals surface area contributed by atoms with Gasteiger partial charge in [-0.3, -0.25) is 0 Å². The van der Waals surface area contributed by atoms with Crippen LogP contribution in [0.15, 0.2) is 34.6 Å². The van der Waals surface area contributed by atoms with Crippen molar-refractivity contribution in [3.8, 4) is 0 Å². The molecule has 0 aromatic carbocycles. The van der Waals surface area contributed by atoms with E-state index in [-0.39, 0.29) is 0 Å². The molecular formula is C10H12N2. The number of likely N-dealkylation sites (N-methyl/N-ethyl adjacent to an activating group) is 1. The van der Waals surface area contributed by atoms with Crippen molar-refractivity contribution in [3.63, 3.8) is 0 Å². The molecule has 0 N–H and O–H groups in total. The molecule has 2 heterocycles. The van der Waals surface area contributed by atoms with Gasteiger partial charge in [0.25, 0.3) is 0 Å². The molecule has 2 aliphatic heterocycles. The lowest BCUT2D eigenvalue weighted by atomic mass is 10.2. The van der Waals surface area contributed by atoms with Crippen LogP contribution in [0.2, 0.25) is 0 Å². The molecule has 2 rings (SSSR count). The second-order valence-electron chi connectivity index (χ2n) is 2.96. The van der Waals surface area contributed by atoms with Crippen molar-refractivity contribution in [2.75, 3.05) is 13.1 Å². The summed E-state index contributed by atoms with van der Waals surface area (Å²) in [7, 11) is 0. The lowest BCUT2D eigenvalue weighted by Gasteiger charge is -2.16. The van der Waals surface area contributed by atoms with Crippen molar-refractivity contribution in [1.29, 1.82) is 0 Å². The van der Waals surface area contributed by atoms with Gasteiger partial charge in [-0.25, -0.2) is 4.99 Å². The Balaban J connectivity index is 2.37. The highest BCUT2D eigenvalue weighted by atomic mass is 15.1. The Morgan fingerprint density at radius 3 is 3.42 bits per heavy atom. The molecule has 0 radical (unpaired) electrons. The molecule has 2 aliphatic rings. The fourth-order valence-corrected chi connectivity index (χ4v) is 1.66. The Morgan fingerprint density at radius 2 is 2.58 bits per heavy atom. The van der Waals surface area contributed by atoms with E-state index < -0.39 is 0 Å². The second-order valence-corrected chi connectivity index (χ2v) is 2.96. The predicted molar refractivity (Wildman–Crippen MR) is 50.0 cm³/mol. The minimum atomic E-state index is 1.07. The lowest BCUT2D eigenvalue weighted by Crippen LogP contribution is -2.17. The van der Waals surface area contributed by atoms with Gasteiger partial charge >= 0.3 is 0 Å². The van der Waals surface area contributed by atoms with Gasteiger partial charge in [0.1, 0.15) is 0 Å². The molecule has 0 fully saturated rings. The highest BCUT2D eigenvalue weighted by molar-refractivity contribution is 5.61. The average Bonchev–Trinajstić information content (AvgIpc) is 2.33. The molecular weight excluding hydrogens is 148 g/mol. The van der Waals surface area contributed by atoms with Crippen molar-refractivity contribution in [1.82, 2.24) is 4.90 Å². The van der Waals surface area contributed by atoms with E-state index in [0.717, 1.165) is 19.5 Å². The second kappa shape index (κ2) is 3.00. The molecule has 0 aromatic rings. The first-order chi connectivity index (χ1) is 5.92. The van der Waals surface area contributed by atoms with Crippen LogP contribution in [0, 0.1) is 0 Å². The smallest absolute Gasteiger partial charge is 0.0494 e. The van der Waals surface area contributed by atoms with Gasteiger partial charge in [-0.2, -0.15) is 0 Å². The molecule has 0 saturated heterocycles. The van der Waals surface area contributed by atoms with Gasteiger partial charge < -0.3 is 4.90 Å². The quantitative estimate of drug-likeness (QED) is 0.570. The molecule has 2 heteroatoms. The molecule has 0 atom stereocenters. The SMILES string of the molecule is CCN1CCC2=C1C=C=NC=C2. The van der Waals surface area contributed by atoms with Crippen LogP contribution in [0.5, 0.6) is 0 Å². The summed E-state index contributed by atoms with van der Waals surface area (Å²) in [5.41, 5.74) is 2.70. The molecule has 0 aliphatic carbocycles. The Hall–Kier alpha value is -1.27. The summed E-state index contributed by atoms with van der Waals surface area (Å²) in [5.74, 6) is 2.90. The van der Waals surface area contributed by atoms with Gasteiger partial charge in [0.05, 0.1) is 0 Å². The Kier molecular flexibility index (Phi) is 1.84. The van der Waals surface area contributed by atoms with Crippen LogP contribution < -0.4 is 0 Å². The van der Waals surface area contributed by atoms with Crippen LogP contribution >= 0.6 is 0 Å². The maximum absolute atomic E-state index is 3.97. The summed E-state index contributed by atoms with van der Waals surface area (Å²) in [6.45, 7) is 4.39. The third-order valence-electron chi connectivity index (χ3n) is 2.33. The van der Waals surface area contributed by atoms with Crippen LogP contribution in [0.3, 0.4) is 0 Å². The molecule has 2 nitrogen and oxygen atoms in total. The first kappa shape index (κ1) is 7.38. The van der Waals surface area contributed by atoms with Crippen molar-refractivity contribution in [3.05, 3.63) is 29.6 Å². The summed E-state index contributed by atoms with van der Waals surface area (Å²) < 4.78 is 0. The lowest BCUT2D eigenvalue weighted by molar-refractivity contribution is 0.408. The highest BCUT2D eigenvalue weighted by Crippen LogP contribution is 2.24. The number of aliphatic imine (C=N–C) groups is 1. The Labute approximate surface area is 72.6 Å². The Morgan fingerprint density at radius 1 is 1.67 bits per heavy atom. The van der Waals surface area contributed by atoms with E-state index in [4.69, 9.17) is 0 Å². The molecule has 0 amide bonds. The zero-order chi connectivity index (χ0) is 8.39. The van der Waals surface area contributed by atoms with Crippen LogP contribution in [0.4, 0.5) is 0 Å². The van der Waals surface area contributed by atoms with Gasteiger partial charge in [0.15, 0.2) is 0 Å². The van der Waals surface area contributed by atoms with Crippen molar-refractivity contribution in [2.24, 2.45) is 4.99 Å². The molecule has 0 unspecified atom stereocenters. The number of rotatable bonds is 1. The normalized spacial score (nSPS) is 20.2. The van der Waals surface area contributed by atoms with Gasteiger partial charge in [0, 0.05) is 31.1 Å². The number of hydrogen-bond donors (Lipinski definition) is 0. The molecule has 0 saturated carbocycles. The predicted octanol–water partition coefficient (Wildman–Crippen LogP) is 1.72. The summed E-state index contributed by atoms with van der Waals surface area (Å²) in [6.07, 6.45) is 7.03. The van der Waals surface area contributed by atoms with Gasteiger partial charge in [-0.15, -0.1) is 0 Å². The minimum Gasteiger partial charge on any atom is -0.371 e. The maximum atomic E-state index is 3.97. The summed E-state index contributed by atoms with van der Waals surface area (Å²) >= 11 is 0. The van der Waals surface area contributed by atoms with E-state index in [9.17, 15) is 0 Å². The third kappa shape index (κ3) is 1.10. The molecule has 62 valence electrons.